The van der Waals surface area contributed by atoms with E-state index in [1.54, 1.807) is 24.3 Å². The Balaban J connectivity index is 2.23. The highest BCUT2D eigenvalue weighted by atomic mass is 19.1. The number of benzene rings is 2. The molecule has 0 saturated carbocycles. The van der Waals surface area contributed by atoms with Crippen molar-refractivity contribution in [1.82, 2.24) is 0 Å². The quantitative estimate of drug-likeness (QED) is 0.656. The van der Waals surface area contributed by atoms with E-state index in [1.807, 2.05) is 0 Å². The molecule has 118 valence electrons. The fourth-order valence-corrected chi connectivity index (χ4v) is 2.11. The summed E-state index contributed by atoms with van der Waals surface area (Å²) in [5.41, 5.74) is 1.33. The van der Waals surface area contributed by atoms with E-state index in [1.165, 1.54) is 37.5 Å². The van der Waals surface area contributed by atoms with Crippen LogP contribution in [-0.4, -0.2) is 24.0 Å². The van der Waals surface area contributed by atoms with Gasteiger partial charge in [-0.05, 0) is 42.0 Å². The molecule has 0 unspecified atom stereocenters. The highest BCUT2D eigenvalue weighted by molar-refractivity contribution is 6.07. The van der Waals surface area contributed by atoms with Crippen molar-refractivity contribution in [3.63, 3.8) is 0 Å². The summed E-state index contributed by atoms with van der Waals surface area (Å²) in [7, 11) is 1.44. The Morgan fingerprint density at radius 2 is 2.00 bits per heavy atom. The number of methoxy groups -OCH3 is 1. The van der Waals surface area contributed by atoms with Crippen LogP contribution in [0.1, 0.15) is 21.5 Å². The molecule has 0 saturated heterocycles. The summed E-state index contributed by atoms with van der Waals surface area (Å²) in [4.78, 5) is 23.0. The summed E-state index contributed by atoms with van der Waals surface area (Å²) in [5.74, 6) is -1.28. The topological polar surface area (TPSA) is 63.6 Å². The summed E-state index contributed by atoms with van der Waals surface area (Å²) < 4.78 is 18.2. The van der Waals surface area contributed by atoms with Crippen molar-refractivity contribution < 1.29 is 23.8 Å². The Morgan fingerprint density at radius 3 is 2.65 bits per heavy atom. The first kappa shape index (κ1) is 16.4. The molecule has 0 aromatic heterocycles. The van der Waals surface area contributed by atoms with Crippen LogP contribution >= 0.6 is 0 Å². The third-order valence-corrected chi connectivity index (χ3v) is 3.18. The van der Waals surface area contributed by atoms with Crippen molar-refractivity contribution >= 4 is 17.8 Å². The van der Waals surface area contributed by atoms with Crippen molar-refractivity contribution in [2.75, 3.05) is 7.11 Å². The third kappa shape index (κ3) is 4.51. The Labute approximate surface area is 132 Å². The number of hydrogen-bond acceptors (Lipinski definition) is 3. The summed E-state index contributed by atoms with van der Waals surface area (Å²) in [6.07, 6.45) is 2.59. The normalized spacial score (nSPS) is 10.7. The lowest BCUT2D eigenvalue weighted by atomic mass is 10.0. The average Bonchev–Trinajstić information content (AvgIpc) is 2.52. The first-order chi connectivity index (χ1) is 11.0. The number of carbonyl (C=O) groups excluding carboxylic acids is 1. The number of allylic oxidation sites excluding steroid dienone is 1. The molecule has 5 heteroatoms. The SMILES string of the molecule is COc1ccc(C(=O)/C=C/c2cccc(F)c2)cc1CC(=O)O. The molecule has 0 amide bonds. The zero-order valence-corrected chi connectivity index (χ0v) is 12.5. The second-order valence-electron chi connectivity index (χ2n) is 4.85. The number of carbonyl (C=O) groups is 2. The van der Waals surface area contributed by atoms with Crippen LogP contribution in [0, 0.1) is 5.82 Å². The molecule has 4 nitrogen and oxygen atoms in total. The van der Waals surface area contributed by atoms with E-state index in [0.29, 0.717) is 22.4 Å². The van der Waals surface area contributed by atoms with Gasteiger partial charge in [0.05, 0.1) is 13.5 Å². The van der Waals surface area contributed by atoms with Crippen LogP contribution < -0.4 is 4.74 Å². The van der Waals surface area contributed by atoms with Crippen molar-refractivity contribution in [1.29, 1.82) is 0 Å². The van der Waals surface area contributed by atoms with Crippen LogP contribution in [0.5, 0.6) is 5.75 Å². The van der Waals surface area contributed by atoms with Gasteiger partial charge in [0.15, 0.2) is 5.78 Å². The van der Waals surface area contributed by atoms with Gasteiger partial charge in [-0.3, -0.25) is 9.59 Å². The van der Waals surface area contributed by atoms with Crippen molar-refractivity contribution in [3.8, 4) is 5.75 Å². The van der Waals surface area contributed by atoms with Gasteiger partial charge >= 0.3 is 5.97 Å². The van der Waals surface area contributed by atoms with E-state index in [4.69, 9.17) is 9.84 Å². The van der Waals surface area contributed by atoms with Gasteiger partial charge < -0.3 is 9.84 Å². The zero-order valence-electron chi connectivity index (χ0n) is 12.5. The van der Waals surface area contributed by atoms with Gasteiger partial charge in [0, 0.05) is 11.1 Å². The van der Waals surface area contributed by atoms with Crippen LogP contribution in [0.4, 0.5) is 4.39 Å². The minimum absolute atomic E-state index is 0.238. The molecule has 0 atom stereocenters. The number of hydrogen-bond donors (Lipinski definition) is 1. The molecule has 0 aliphatic heterocycles. The molecule has 1 N–H and O–H groups in total. The van der Waals surface area contributed by atoms with Crippen molar-refractivity contribution in [3.05, 3.63) is 71.0 Å². The van der Waals surface area contributed by atoms with E-state index in [2.05, 4.69) is 0 Å². The minimum atomic E-state index is -1.01. The molecule has 0 spiro atoms. The van der Waals surface area contributed by atoms with Crippen LogP contribution in [0.15, 0.2) is 48.5 Å². The monoisotopic (exact) mass is 314 g/mol. The standard InChI is InChI=1S/C18H15FO4/c1-23-17-8-6-13(10-14(17)11-18(21)22)16(20)7-5-12-3-2-4-15(19)9-12/h2-10H,11H2,1H3,(H,21,22)/b7-5+. The third-order valence-electron chi connectivity index (χ3n) is 3.18. The van der Waals surface area contributed by atoms with Gasteiger partial charge in [0.2, 0.25) is 0 Å². The fraction of sp³-hybridized carbons (Fsp3) is 0.111. The maximum absolute atomic E-state index is 13.1. The number of carboxylic acid groups (broad SMARTS) is 1. The van der Waals surface area contributed by atoms with Crippen LogP contribution in [0.2, 0.25) is 0 Å². The van der Waals surface area contributed by atoms with Crippen LogP contribution in [0.3, 0.4) is 0 Å². The molecule has 2 aromatic carbocycles. The number of rotatable bonds is 6. The predicted molar refractivity (Wildman–Crippen MR) is 84.1 cm³/mol. The van der Waals surface area contributed by atoms with E-state index in [9.17, 15) is 14.0 Å². The molecule has 0 aliphatic carbocycles. The Morgan fingerprint density at radius 1 is 1.22 bits per heavy atom. The number of ketones is 1. The maximum atomic E-state index is 13.1. The first-order valence-electron chi connectivity index (χ1n) is 6.86. The van der Waals surface area contributed by atoms with E-state index < -0.39 is 5.97 Å². The molecule has 23 heavy (non-hydrogen) atoms. The molecule has 2 aromatic rings. The lowest BCUT2D eigenvalue weighted by molar-refractivity contribution is -0.136. The Bertz CT molecular complexity index is 765. The number of halogens is 1. The molecule has 0 fully saturated rings. The summed E-state index contributed by atoms with van der Waals surface area (Å²) in [5, 5.41) is 8.90. The molecule has 0 radical (unpaired) electrons. The van der Waals surface area contributed by atoms with E-state index >= 15 is 0 Å². The van der Waals surface area contributed by atoms with Gasteiger partial charge in [-0.15, -0.1) is 0 Å². The highest BCUT2D eigenvalue weighted by Crippen LogP contribution is 2.21. The summed E-state index contributed by atoms with van der Waals surface area (Å²) >= 11 is 0. The lowest BCUT2D eigenvalue weighted by Gasteiger charge is -2.07. The van der Waals surface area contributed by atoms with Crippen LogP contribution in [0.25, 0.3) is 6.08 Å². The molecule has 0 heterocycles. The fourth-order valence-electron chi connectivity index (χ4n) is 2.11. The second-order valence-corrected chi connectivity index (χ2v) is 4.85. The number of aliphatic carboxylic acids is 1. The van der Waals surface area contributed by atoms with Gasteiger partial charge in [-0.2, -0.15) is 0 Å². The highest BCUT2D eigenvalue weighted by Gasteiger charge is 2.11. The van der Waals surface area contributed by atoms with Gasteiger partial charge in [0.1, 0.15) is 11.6 Å². The molecular formula is C18H15FO4. The van der Waals surface area contributed by atoms with Crippen molar-refractivity contribution in [2.45, 2.75) is 6.42 Å². The zero-order chi connectivity index (χ0) is 16.8. The van der Waals surface area contributed by atoms with Crippen molar-refractivity contribution in [2.24, 2.45) is 0 Å². The predicted octanol–water partition coefficient (Wildman–Crippen LogP) is 3.36. The maximum Gasteiger partial charge on any atom is 0.307 e. The lowest BCUT2D eigenvalue weighted by Crippen LogP contribution is -2.04. The summed E-state index contributed by atoms with van der Waals surface area (Å²) in [6, 6.07) is 10.5. The molecular weight excluding hydrogens is 299 g/mol. The van der Waals surface area contributed by atoms with Crippen LogP contribution in [-0.2, 0) is 11.2 Å². The number of carboxylic acids is 1. The van der Waals surface area contributed by atoms with Gasteiger partial charge in [0.25, 0.3) is 0 Å². The molecule has 0 bridgehead atoms. The number of ether oxygens (including phenoxy) is 1. The molecule has 0 aliphatic rings. The van der Waals surface area contributed by atoms with E-state index in [-0.39, 0.29) is 18.0 Å². The van der Waals surface area contributed by atoms with Gasteiger partial charge in [-0.25, -0.2) is 4.39 Å². The average molecular weight is 314 g/mol. The Hall–Kier alpha value is -2.95. The smallest absolute Gasteiger partial charge is 0.307 e. The summed E-state index contributed by atoms with van der Waals surface area (Å²) in [6.45, 7) is 0. The second kappa shape index (κ2) is 7.35. The van der Waals surface area contributed by atoms with Gasteiger partial charge in [-0.1, -0.05) is 18.2 Å². The first-order valence-corrected chi connectivity index (χ1v) is 6.86. The minimum Gasteiger partial charge on any atom is -0.496 e. The molecule has 2 rings (SSSR count). The Kier molecular flexibility index (Phi) is 5.25. The van der Waals surface area contributed by atoms with E-state index in [0.717, 1.165) is 0 Å². The largest absolute Gasteiger partial charge is 0.496 e.